The molecule has 3 nitrogen and oxygen atoms in total. The number of nitrogens with zero attached hydrogens (tertiary/aromatic N) is 2. The molecule has 0 unspecified atom stereocenters. The molecule has 1 N–H and O–H groups in total. The second-order valence-corrected chi connectivity index (χ2v) is 8.79. The van der Waals surface area contributed by atoms with Crippen LogP contribution in [-0.4, -0.2) is 9.97 Å². The van der Waals surface area contributed by atoms with Crippen molar-refractivity contribution in [2.75, 3.05) is 5.32 Å². The maximum absolute atomic E-state index is 13.2. The van der Waals surface area contributed by atoms with Gasteiger partial charge in [-0.05, 0) is 42.8 Å². The Morgan fingerprint density at radius 2 is 1.79 bits per heavy atom. The zero-order valence-corrected chi connectivity index (χ0v) is 18.0. The number of hydrogen-bond acceptors (Lipinski definition) is 4. The molecule has 0 aliphatic carbocycles. The van der Waals surface area contributed by atoms with E-state index in [1.165, 1.54) is 29.8 Å². The highest BCUT2D eigenvalue weighted by atomic mass is 79.9. The fraction of sp³-hybridized carbons (Fsp3) is 0.100. The maximum atomic E-state index is 13.2. The molecule has 0 spiro atoms. The Morgan fingerprint density at radius 3 is 2.48 bits per heavy atom. The van der Waals surface area contributed by atoms with E-state index in [0.717, 1.165) is 36.8 Å². The highest BCUT2D eigenvalue weighted by Gasteiger charge is 2.33. The van der Waals surface area contributed by atoms with E-state index in [-0.39, 0.29) is 10.7 Å². The maximum Gasteiger partial charge on any atom is 0.417 e. The zero-order valence-electron chi connectivity index (χ0n) is 14.8. The van der Waals surface area contributed by atoms with Gasteiger partial charge in [0.05, 0.1) is 16.0 Å². The molecule has 0 aliphatic heterocycles. The van der Waals surface area contributed by atoms with Crippen LogP contribution in [0.5, 0.6) is 0 Å². The first-order valence-electron chi connectivity index (χ1n) is 8.38. The topological polar surface area (TPSA) is 37.8 Å². The molecule has 2 aromatic heterocycles. The van der Waals surface area contributed by atoms with Crippen molar-refractivity contribution in [2.45, 2.75) is 13.1 Å². The van der Waals surface area contributed by atoms with Crippen molar-refractivity contribution < 1.29 is 13.2 Å². The molecule has 2 heterocycles. The van der Waals surface area contributed by atoms with Crippen molar-refractivity contribution in [3.63, 3.8) is 0 Å². The molecule has 0 radical (unpaired) electrons. The molecule has 2 aromatic carbocycles. The molecule has 0 amide bonds. The SMILES string of the molecule is Cc1sc2ncnc(Nc3ccc(Cl)c(C(F)(F)F)c3)c2c1-c1ccc(Br)cc1. The van der Waals surface area contributed by atoms with E-state index >= 15 is 0 Å². The molecule has 0 aliphatic rings. The summed E-state index contributed by atoms with van der Waals surface area (Å²) in [5.41, 5.74) is 1.27. The van der Waals surface area contributed by atoms with Crippen LogP contribution in [-0.2, 0) is 6.18 Å². The number of halogens is 5. The average Bonchev–Trinajstić information content (AvgIpc) is 3.00. The molecule has 0 saturated carbocycles. The molecule has 0 fully saturated rings. The Morgan fingerprint density at radius 1 is 1.07 bits per heavy atom. The highest BCUT2D eigenvalue weighted by molar-refractivity contribution is 9.10. The Labute approximate surface area is 181 Å². The van der Waals surface area contributed by atoms with Crippen molar-refractivity contribution in [1.29, 1.82) is 0 Å². The minimum Gasteiger partial charge on any atom is -0.340 e. The third-order valence-corrected chi connectivity index (χ3v) is 6.20. The standard InChI is InChI=1S/C20H12BrClF3N3S/c1-10-16(11-2-4-12(21)5-3-11)17-18(26-9-27-19(17)29-10)28-13-6-7-15(22)14(8-13)20(23,24)25/h2-9H,1H3,(H,26,27,28). The van der Waals surface area contributed by atoms with E-state index in [1.54, 1.807) is 0 Å². The summed E-state index contributed by atoms with van der Waals surface area (Å²) in [6.07, 6.45) is -3.15. The first-order valence-corrected chi connectivity index (χ1v) is 10.4. The number of hydrogen-bond donors (Lipinski definition) is 1. The molecule has 0 saturated heterocycles. The minimum atomic E-state index is -4.54. The number of alkyl halides is 3. The van der Waals surface area contributed by atoms with Gasteiger partial charge in [0.1, 0.15) is 17.0 Å². The van der Waals surface area contributed by atoms with Crippen molar-refractivity contribution in [2.24, 2.45) is 0 Å². The van der Waals surface area contributed by atoms with E-state index in [9.17, 15) is 13.2 Å². The number of fused-ring (bicyclic) bond motifs is 1. The fourth-order valence-electron chi connectivity index (χ4n) is 3.06. The summed E-state index contributed by atoms with van der Waals surface area (Å²) >= 11 is 10.7. The lowest BCUT2D eigenvalue weighted by atomic mass is 10.0. The molecule has 4 aromatic rings. The van der Waals surface area contributed by atoms with Crippen LogP contribution < -0.4 is 5.32 Å². The van der Waals surface area contributed by atoms with Crippen LogP contribution in [0.1, 0.15) is 10.4 Å². The van der Waals surface area contributed by atoms with Crippen molar-refractivity contribution in [3.05, 3.63) is 68.7 Å². The predicted octanol–water partition coefficient (Wildman–Crippen LogP) is 7.85. The first-order chi connectivity index (χ1) is 13.7. The van der Waals surface area contributed by atoms with Gasteiger partial charge in [0.25, 0.3) is 0 Å². The molecule has 4 rings (SSSR count). The smallest absolute Gasteiger partial charge is 0.340 e. The summed E-state index contributed by atoms with van der Waals surface area (Å²) in [6.45, 7) is 1.98. The Kier molecular flexibility index (Phi) is 5.27. The monoisotopic (exact) mass is 497 g/mol. The van der Waals surface area contributed by atoms with Gasteiger partial charge in [0.15, 0.2) is 0 Å². The van der Waals surface area contributed by atoms with Crippen molar-refractivity contribution in [3.8, 4) is 11.1 Å². The van der Waals surface area contributed by atoms with Crippen molar-refractivity contribution >= 4 is 60.6 Å². The lowest BCUT2D eigenvalue weighted by molar-refractivity contribution is -0.137. The lowest BCUT2D eigenvalue weighted by Crippen LogP contribution is -2.06. The van der Waals surface area contributed by atoms with Gasteiger partial charge in [-0.25, -0.2) is 9.97 Å². The van der Waals surface area contributed by atoms with Crippen LogP contribution in [0.15, 0.2) is 53.3 Å². The summed E-state index contributed by atoms with van der Waals surface area (Å²) < 4.78 is 40.6. The molecule has 148 valence electrons. The third-order valence-electron chi connectivity index (χ3n) is 4.33. The summed E-state index contributed by atoms with van der Waals surface area (Å²) in [6, 6.07) is 11.5. The normalized spacial score (nSPS) is 11.8. The quantitative estimate of drug-likeness (QED) is 0.313. The van der Waals surface area contributed by atoms with E-state index in [2.05, 4.69) is 31.2 Å². The van der Waals surface area contributed by atoms with Gasteiger partial charge in [0.2, 0.25) is 0 Å². The van der Waals surface area contributed by atoms with Gasteiger partial charge >= 0.3 is 6.18 Å². The molecule has 0 atom stereocenters. The van der Waals surface area contributed by atoms with Crippen LogP contribution in [0.2, 0.25) is 5.02 Å². The van der Waals surface area contributed by atoms with E-state index in [0.29, 0.717) is 5.82 Å². The number of thiophene rings is 1. The van der Waals surface area contributed by atoms with Gasteiger partial charge in [-0.15, -0.1) is 11.3 Å². The number of aromatic nitrogens is 2. The van der Waals surface area contributed by atoms with E-state index < -0.39 is 11.7 Å². The highest BCUT2D eigenvalue weighted by Crippen LogP contribution is 2.42. The second-order valence-electron chi connectivity index (χ2n) is 6.26. The van der Waals surface area contributed by atoms with Crippen molar-refractivity contribution in [1.82, 2.24) is 9.97 Å². The molecule has 0 bridgehead atoms. The number of benzene rings is 2. The van der Waals surface area contributed by atoms with Gasteiger partial charge in [-0.3, -0.25) is 0 Å². The number of nitrogens with one attached hydrogen (secondary N) is 1. The zero-order chi connectivity index (χ0) is 20.8. The largest absolute Gasteiger partial charge is 0.417 e. The summed E-state index contributed by atoms with van der Waals surface area (Å²) in [5, 5.41) is 3.42. The van der Waals surface area contributed by atoms with Gasteiger partial charge in [0, 0.05) is 20.6 Å². The molecule has 9 heteroatoms. The number of aryl methyl sites for hydroxylation is 1. The van der Waals surface area contributed by atoms with E-state index in [4.69, 9.17) is 11.6 Å². The average molecular weight is 499 g/mol. The van der Waals surface area contributed by atoms with Crippen LogP contribution in [0.3, 0.4) is 0 Å². The van der Waals surface area contributed by atoms with Gasteiger partial charge in [-0.2, -0.15) is 13.2 Å². The Hall–Kier alpha value is -2.16. The molecule has 29 heavy (non-hydrogen) atoms. The fourth-order valence-corrected chi connectivity index (χ4v) is 4.56. The van der Waals surface area contributed by atoms with Crippen LogP contribution in [0, 0.1) is 6.92 Å². The third kappa shape index (κ3) is 3.97. The summed E-state index contributed by atoms with van der Waals surface area (Å²) in [7, 11) is 0. The predicted molar refractivity (Wildman–Crippen MR) is 115 cm³/mol. The minimum absolute atomic E-state index is 0.243. The van der Waals surface area contributed by atoms with Crippen LogP contribution in [0.25, 0.3) is 21.3 Å². The molecular formula is C20H12BrClF3N3S. The van der Waals surface area contributed by atoms with Gasteiger partial charge in [-0.1, -0.05) is 39.7 Å². The number of rotatable bonds is 3. The Bertz CT molecular complexity index is 1210. The van der Waals surface area contributed by atoms with Gasteiger partial charge < -0.3 is 5.32 Å². The first kappa shape index (κ1) is 20.1. The van der Waals surface area contributed by atoms with E-state index in [1.807, 2.05) is 31.2 Å². The van der Waals surface area contributed by atoms with Crippen LogP contribution >= 0.6 is 38.9 Å². The second kappa shape index (κ2) is 7.59. The number of anilines is 2. The molecular weight excluding hydrogens is 487 g/mol. The summed E-state index contributed by atoms with van der Waals surface area (Å²) in [4.78, 5) is 10.4. The van der Waals surface area contributed by atoms with Crippen LogP contribution in [0.4, 0.5) is 24.7 Å². The lowest BCUT2D eigenvalue weighted by Gasteiger charge is -2.13. The Balaban J connectivity index is 1.84. The summed E-state index contributed by atoms with van der Waals surface area (Å²) in [5.74, 6) is 0.438.